The van der Waals surface area contributed by atoms with Crippen molar-refractivity contribution in [3.8, 4) is 0 Å². The van der Waals surface area contributed by atoms with Crippen LogP contribution in [0.3, 0.4) is 0 Å². The zero-order valence-electron chi connectivity index (χ0n) is 10.9. The molecule has 2 N–H and O–H groups in total. The molecule has 4 nitrogen and oxygen atoms in total. The molecule has 0 aliphatic heterocycles. The van der Waals surface area contributed by atoms with E-state index < -0.39 is 33.2 Å². The third kappa shape index (κ3) is 3.34. The summed E-state index contributed by atoms with van der Waals surface area (Å²) in [6.07, 6.45) is 4.04. The van der Waals surface area contributed by atoms with E-state index in [9.17, 15) is 17.2 Å². The predicted octanol–water partition coefficient (Wildman–Crippen LogP) is 1.93. The lowest BCUT2D eigenvalue weighted by molar-refractivity contribution is 0.280. The van der Waals surface area contributed by atoms with Crippen molar-refractivity contribution in [1.29, 1.82) is 0 Å². The van der Waals surface area contributed by atoms with Gasteiger partial charge in [-0.25, -0.2) is 21.9 Å². The summed E-state index contributed by atoms with van der Waals surface area (Å²) in [6.45, 7) is -0.348. The number of benzene rings is 1. The predicted molar refractivity (Wildman–Crippen MR) is 69.4 cm³/mol. The summed E-state index contributed by atoms with van der Waals surface area (Å²) < 4.78 is 53.1. The number of aliphatic hydroxyl groups is 1. The van der Waals surface area contributed by atoms with Gasteiger partial charge in [-0.05, 0) is 30.0 Å². The van der Waals surface area contributed by atoms with E-state index in [4.69, 9.17) is 5.11 Å². The zero-order valence-corrected chi connectivity index (χ0v) is 11.7. The van der Waals surface area contributed by atoms with Gasteiger partial charge in [0.05, 0.1) is 6.61 Å². The standard InChI is InChI=1S/C13H17F2NO3S/c14-11-6-10(8-17)7-12(13(11)15)20(18,19)16-5-4-9-2-1-3-9/h6-7,9,16-17H,1-5,8H2. The van der Waals surface area contributed by atoms with Crippen LogP contribution in [-0.2, 0) is 16.6 Å². The molecule has 1 aliphatic rings. The highest BCUT2D eigenvalue weighted by Gasteiger charge is 2.24. The molecule has 0 aromatic heterocycles. The Hall–Kier alpha value is -1.05. The molecule has 0 atom stereocenters. The molecule has 0 radical (unpaired) electrons. The van der Waals surface area contributed by atoms with Gasteiger partial charge in [0.2, 0.25) is 10.0 Å². The average molecular weight is 305 g/mol. The van der Waals surface area contributed by atoms with E-state index in [0.29, 0.717) is 12.3 Å². The molecule has 0 bridgehead atoms. The molecule has 0 unspecified atom stereocenters. The Balaban J connectivity index is 2.13. The van der Waals surface area contributed by atoms with E-state index in [0.717, 1.165) is 31.4 Å². The molecule has 1 aliphatic carbocycles. The van der Waals surface area contributed by atoms with Crippen molar-refractivity contribution in [1.82, 2.24) is 4.72 Å². The van der Waals surface area contributed by atoms with Crippen LogP contribution in [0.1, 0.15) is 31.2 Å². The van der Waals surface area contributed by atoms with Crippen LogP contribution < -0.4 is 4.72 Å². The maximum atomic E-state index is 13.6. The smallest absolute Gasteiger partial charge is 0.243 e. The normalized spacial score (nSPS) is 16.1. The van der Waals surface area contributed by atoms with Gasteiger partial charge in [-0.3, -0.25) is 0 Å². The first-order chi connectivity index (χ1) is 9.44. The summed E-state index contributed by atoms with van der Waals surface area (Å²) >= 11 is 0. The molecule has 0 saturated heterocycles. The summed E-state index contributed by atoms with van der Waals surface area (Å²) in [7, 11) is -4.10. The maximum Gasteiger partial charge on any atom is 0.243 e. The van der Waals surface area contributed by atoms with Crippen LogP contribution in [0.2, 0.25) is 0 Å². The Kier molecular flexibility index (Phi) is 4.72. The Bertz CT molecular complexity index is 586. The Labute approximate surface area is 116 Å². The van der Waals surface area contributed by atoms with Gasteiger partial charge < -0.3 is 5.11 Å². The van der Waals surface area contributed by atoms with Crippen LogP contribution in [0.25, 0.3) is 0 Å². The largest absolute Gasteiger partial charge is 0.392 e. The average Bonchev–Trinajstić information content (AvgIpc) is 2.35. The summed E-state index contributed by atoms with van der Waals surface area (Å²) in [5.74, 6) is -2.18. The van der Waals surface area contributed by atoms with Crippen LogP contribution in [0, 0.1) is 17.6 Å². The lowest BCUT2D eigenvalue weighted by atomic mass is 9.83. The van der Waals surface area contributed by atoms with Crippen LogP contribution in [0.15, 0.2) is 17.0 Å². The quantitative estimate of drug-likeness (QED) is 0.844. The Morgan fingerprint density at radius 2 is 2.00 bits per heavy atom. The highest BCUT2D eigenvalue weighted by atomic mass is 32.2. The number of hydrogen-bond acceptors (Lipinski definition) is 3. The number of aliphatic hydroxyl groups excluding tert-OH is 1. The van der Waals surface area contributed by atoms with E-state index >= 15 is 0 Å². The second kappa shape index (κ2) is 6.15. The van der Waals surface area contributed by atoms with Crippen molar-refractivity contribution in [3.05, 3.63) is 29.3 Å². The zero-order chi connectivity index (χ0) is 14.8. The summed E-state index contributed by atoms with van der Waals surface area (Å²) in [6, 6.07) is 1.73. The molecule has 2 rings (SSSR count). The molecular formula is C13H17F2NO3S. The van der Waals surface area contributed by atoms with Gasteiger partial charge in [-0.2, -0.15) is 0 Å². The Morgan fingerprint density at radius 1 is 1.30 bits per heavy atom. The summed E-state index contributed by atoms with van der Waals surface area (Å²) in [5, 5.41) is 8.93. The molecule has 20 heavy (non-hydrogen) atoms. The fraction of sp³-hybridized carbons (Fsp3) is 0.538. The molecular weight excluding hydrogens is 288 g/mol. The van der Waals surface area contributed by atoms with E-state index in [1.165, 1.54) is 0 Å². The number of halogens is 2. The fourth-order valence-electron chi connectivity index (χ4n) is 2.16. The SMILES string of the molecule is O=S(=O)(NCCC1CCC1)c1cc(CO)cc(F)c1F. The van der Waals surface area contributed by atoms with Crippen molar-refractivity contribution in [3.63, 3.8) is 0 Å². The van der Waals surface area contributed by atoms with Crippen LogP contribution in [0.5, 0.6) is 0 Å². The highest BCUT2D eigenvalue weighted by molar-refractivity contribution is 7.89. The fourth-order valence-corrected chi connectivity index (χ4v) is 3.34. The second-order valence-electron chi connectivity index (χ2n) is 5.03. The molecule has 7 heteroatoms. The van der Waals surface area contributed by atoms with Gasteiger partial charge in [-0.1, -0.05) is 19.3 Å². The number of hydrogen-bond donors (Lipinski definition) is 2. The molecule has 1 saturated carbocycles. The van der Waals surface area contributed by atoms with Gasteiger partial charge >= 0.3 is 0 Å². The van der Waals surface area contributed by atoms with Gasteiger partial charge in [0, 0.05) is 6.54 Å². The third-order valence-corrected chi connectivity index (χ3v) is 5.06. The van der Waals surface area contributed by atoms with Gasteiger partial charge in [-0.15, -0.1) is 0 Å². The minimum absolute atomic E-state index is 0.0169. The monoisotopic (exact) mass is 305 g/mol. The first kappa shape index (κ1) is 15.3. The van der Waals surface area contributed by atoms with E-state index in [2.05, 4.69) is 4.72 Å². The maximum absolute atomic E-state index is 13.6. The molecule has 0 amide bonds. The van der Waals surface area contributed by atoms with Gasteiger partial charge in [0.25, 0.3) is 0 Å². The van der Waals surface area contributed by atoms with Crippen molar-refractivity contribution in [2.45, 2.75) is 37.2 Å². The first-order valence-corrected chi connectivity index (χ1v) is 8.01. The summed E-state index contributed by atoms with van der Waals surface area (Å²) in [5.41, 5.74) is 0.0169. The van der Waals surface area contributed by atoms with E-state index in [-0.39, 0.29) is 12.1 Å². The van der Waals surface area contributed by atoms with Crippen molar-refractivity contribution >= 4 is 10.0 Å². The van der Waals surface area contributed by atoms with Crippen LogP contribution >= 0.6 is 0 Å². The van der Waals surface area contributed by atoms with Crippen LogP contribution in [0.4, 0.5) is 8.78 Å². The molecule has 0 spiro atoms. The third-order valence-electron chi connectivity index (χ3n) is 3.60. The second-order valence-corrected chi connectivity index (χ2v) is 6.77. The lowest BCUT2D eigenvalue weighted by Gasteiger charge is -2.25. The van der Waals surface area contributed by atoms with Crippen molar-refractivity contribution in [2.24, 2.45) is 5.92 Å². The molecule has 1 aromatic rings. The topological polar surface area (TPSA) is 66.4 Å². The van der Waals surface area contributed by atoms with E-state index in [1.807, 2.05) is 0 Å². The van der Waals surface area contributed by atoms with Gasteiger partial charge in [0.1, 0.15) is 4.90 Å². The first-order valence-electron chi connectivity index (χ1n) is 6.52. The lowest BCUT2D eigenvalue weighted by Crippen LogP contribution is -2.28. The number of sulfonamides is 1. The summed E-state index contributed by atoms with van der Waals surface area (Å²) in [4.78, 5) is -0.754. The highest BCUT2D eigenvalue weighted by Crippen LogP contribution is 2.29. The van der Waals surface area contributed by atoms with Crippen molar-refractivity contribution < 1.29 is 22.3 Å². The van der Waals surface area contributed by atoms with Gasteiger partial charge in [0.15, 0.2) is 11.6 Å². The molecule has 112 valence electrons. The van der Waals surface area contributed by atoms with Crippen LogP contribution in [-0.4, -0.2) is 20.1 Å². The number of rotatable bonds is 6. The Morgan fingerprint density at radius 3 is 2.55 bits per heavy atom. The van der Waals surface area contributed by atoms with E-state index in [1.54, 1.807) is 0 Å². The van der Waals surface area contributed by atoms with Crippen molar-refractivity contribution in [2.75, 3.05) is 6.54 Å². The molecule has 0 heterocycles. The number of nitrogens with one attached hydrogen (secondary N) is 1. The minimum atomic E-state index is -4.10. The molecule has 1 fully saturated rings. The minimum Gasteiger partial charge on any atom is -0.392 e. The molecule has 1 aromatic carbocycles.